The van der Waals surface area contributed by atoms with Crippen LogP contribution in [0.15, 0.2) is 29.8 Å². The van der Waals surface area contributed by atoms with Crippen molar-refractivity contribution in [1.82, 2.24) is 4.98 Å². The van der Waals surface area contributed by atoms with Crippen LogP contribution < -0.4 is 5.32 Å². The van der Waals surface area contributed by atoms with Crippen molar-refractivity contribution in [2.45, 2.75) is 26.2 Å². The molecule has 0 spiro atoms. The lowest BCUT2D eigenvalue weighted by atomic mass is 9.85. The van der Waals surface area contributed by atoms with Crippen molar-refractivity contribution in [1.29, 1.82) is 0 Å². The normalized spacial score (nSPS) is 11.2. The minimum atomic E-state index is -0.962. The lowest BCUT2D eigenvalue weighted by Crippen LogP contribution is -2.28. The van der Waals surface area contributed by atoms with Gasteiger partial charge in [0.15, 0.2) is 0 Å². The van der Waals surface area contributed by atoms with Gasteiger partial charge in [-0.2, -0.15) is 0 Å². The molecule has 0 saturated carbocycles. The number of anilines is 1. The van der Waals surface area contributed by atoms with E-state index in [1.807, 2.05) is 0 Å². The molecule has 0 unspecified atom stereocenters. The van der Waals surface area contributed by atoms with E-state index in [-0.39, 0.29) is 5.91 Å². The number of thiazole rings is 1. The third-order valence-electron chi connectivity index (χ3n) is 3.35. The van der Waals surface area contributed by atoms with E-state index < -0.39 is 11.4 Å². The number of carbonyl (C=O) groups excluding carboxylic acids is 1. The molecule has 0 radical (unpaired) electrons. The van der Waals surface area contributed by atoms with Crippen LogP contribution in [0.4, 0.5) is 5.69 Å². The zero-order valence-corrected chi connectivity index (χ0v) is 12.8. The standard InChI is InChI=1S/C15H16N2O3S/c1-9-12(21-8-16-9)13(18)17-11-6-4-10(5-7-11)15(2,3)14(19)20/h4-8H,1-3H3,(H,17,18)(H,19,20). The average molecular weight is 304 g/mol. The fourth-order valence-corrected chi connectivity index (χ4v) is 2.50. The van der Waals surface area contributed by atoms with Crippen molar-refractivity contribution in [3.63, 3.8) is 0 Å². The number of nitrogens with zero attached hydrogens (tertiary/aromatic N) is 1. The summed E-state index contributed by atoms with van der Waals surface area (Å²) < 4.78 is 0. The molecule has 5 nitrogen and oxygen atoms in total. The van der Waals surface area contributed by atoms with Gasteiger partial charge in [-0.3, -0.25) is 9.59 Å². The third kappa shape index (κ3) is 3.11. The van der Waals surface area contributed by atoms with Gasteiger partial charge in [0.25, 0.3) is 5.91 Å². The number of carboxylic acids is 1. The largest absolute Gasteiger partial charge is 0.481 e. The van der Waals surface area contributed by atoms with Crippen molar-refractivity contribution >= 4 is 28.9 Å². The second kappa shape index (κ2) is 5.65. The third-order valence-corrected chi connectivity index (χ3v) is 4.28. The number of aliphatic carboxylic acids is 1. The predicted octanol–water partition coefficient (Wildman–Crippen LogP) is 3.07. The van der Waals surface area contributed by atoms with Gasteiger partial charge in [0, 0.05) is 5.69 Å². The monoisotopic (exact) mass is 304 g/mol. The molecule has 1 aromatic carbocycles. The number of aryl methyl sites for hydroxylation is 1. The number of benzene rings is 1. The Bertz CT molecular complexity index is 674. The first-order chi connectivity index (χ1) is 9.82. The van der Waals surface area contributed by atoms with Gasteiger partial charge < -0.3 is 10.4 Å². The molecule has 6 heteroatoms. The Morgan fingerprint density at radius 1 is 1.24 bits per heavy atom. The van der Waals surface area contributed by atoms with Crippen LogP contribution in [0.2, 0.25) is 0 Å². The maximum atomic E-state index is 12.1. The molecule has 2 N–H and O–H groups in total. The van der Waals surface area contributed by atoms with Crippen molar-refractivity contribution in [3.8, 4) is 0 Å². The van der Waals surface area contributed by atoms with Crippen LogP contribution in [0.25, 0.3) is 0 Å². The number of nitrogens with one attached hydrogen (secondary N) is 1. The van der Waals surface area contributed by atoms with Crippen LogP contribution in [0.5, 0.6) is 0 Å². The fraction of sp³-hybridized carbons (Fsp3) is 0.267. The molecular formula is C15H16N2O3S. The molecule has 2 rings (SSSR count). The van der Waals surface area contributed by atoms with E-state index in [0.29, 0.717) is 21.8 Å². The maximum Gasteiger partial charge on any atom is 0.313 e. The van der Waals surface area contributed by atoms with Gasteiger partial charge in [-0.05, 0) is 38.5 Å². The maximum absolute atomic E-state index is 12.1. The van der Waals surface area contributed by atoms with Crippen LogP contribution in [-0.4, -0.2) is 22.0 Å². The molecule has 21 heavy (non-hydrogen) atoms. The van der Waals surface area contributed by atoms with Crippen LogP contribution >= 0.6 is 11.3 Å². The number of carbonyl (C=O) groups is 2. The molecule has 110 valence electrons. The van der Waals surface area contributed by atoms with Gasteiger partial charge in [-0.15, -0.1) is 11.3 Å². The molecule has 0 fully saturated rings. The summed E-state index contributed by atoms with van der Waals surface area (Å²) in [6.07, 6.45) is 0. The zero-order chi connectivity index (χ0) is 15.6. The lowest BCUT2D eigenvalue weighted by Gasteiger charge is -2.19. The summed E-state index contributed by atoms with van der Waals surface area (Å²) in [5.41, 5.74) is 2.67. The molecule has 1 aromatic heterocycles. The molecular weight excluding hydrogens is 288 g/mol. The van der Waals surface area contributed by atoms with Gasteiger partial charge in [-0.25, -0.2) is 4.98 Å². The number of hydrogen-bond acceptors (Lipinski definition) is 4. The molecule has 0 saturated heterocycles. The molecule has 0 aliphatic rings. The molecule has 1 heterocycles. The van der Waals surface area contributed by atoms with Gasteiger partial charge in [0.05, 0.1) is 16.6 Å². The van der Waals surface area contributed by atoms with Crippen LogP contribution in [0.3, 0.4) is 0 Å². The van der Waals surface area contributed by atoms with E-state index in [1.54, 1.807) is 50.5 Å². The highest BCUT2D eigenvalue weighted by Gasteiger charge is 2.29. The van der Waals surface area contributed by atoms with Crippen LogP contribution in [0, 0.1) is 6.92 Å². The molecule has 1 amide bonds. The minimum absolute atomic E-state index is 0.208. The van der Waals surface area contributed by atoms with Gasteiger partial charge in [0.1, 0.15) is 4.88 Å². The van der Waals surface area contributed by atoms with Gasteiger partial charge in [0.2, 0.25) is 0 Å². The highest BCUT2D eigenvalue weighted by molar-refractivity contribution is 7.12. The van der Waals surface area contributed by atoms with E-state index in [0.717, 1.165) is 0 Å². The van der Waals surface area contributed by atoms with E-state index in [2.05, 4.69) is 10.3 Å². The summed E-state index contributed by atoms with van der Waals surface area (Å²) >= 11 is 1.29. The van der Waals surface area contributed by atoms with E-state index in [4.69, 9.17) is 0 Å². The van der Waals surface area contributed by atoms with Crippen LogP contribution in [-0.2, 0) is 10.2 Å². The first-order valence-corrected chi connectivity index (χ1v) is 7.25. The Morgan fingerprint density at radius 3 is 2.33 bits per heavy atom. The second-order valence-electron chi connectivity index (χ2n) is 5.23. The Labute approximate surface area is 126 Å². The second-order valence-corrected chi connectivity index (χ2v) is 6.08. The first kappa shape index (κ1) is 15.2. The Hall–Kier alpha value is -2.21. The lowest BCUT2D eigenvalue weighted by molar-refractivity contribution is -0.142. The van der Waals surface area contributed by atoms with Crippen molar-refractivity contribution in [2.24, 2.45) is 0 Å². The molecule has 0 aliphatic carbocycles. The number of amides is 1. The first-order valence-electron chi connectivity index (χ1n) is 6.37. The number of rotatable bonds is 4. The summed E-state index contributed by atoms with van der Waals surface area (Å²) in [5, 5.41) is 12.0. The number of hydrogen-bond donors (Lipinski definition) is 2. The predicted molar refractivity (Wildman–Crippen MR) is 81.9 cm³/mol. The smallest absolute Gasteiger partial charge is 0.313 e. The quantitative estimate of drug-likeness (QED) is 0.909. The molecule has 0 aliphatic heterocycles. The summed E-state index contributed by atoms with van der Waals surface area (Å²) in [4.78, 5) is 27.9. The average Bonchev–Trinajstić information content (AvgIpc) is 2.85. The van der Waals surface area contributed by atoms with Crippen LogP contribution in [0.1, 0.15) is 34.8 Å². The zero-order valence-electron chi connectivity index (χ0n) is 12.0. The number of carboxylic acid groups (broad SMARTS) is 1. The minimum Gasteiger partial charge on any atom is -0.481 e. The van der Waals surface area contributed by atoms with Gasteiger partial charge in [-0.1, -0.05) is 12.1 Å². The van der Waals surface area contributed by atoms with Crippen molar-refractivity contribution in [2.75, 3.05) is 5.32 Å². The Kier molecular flexibility index (Phi) is 4.09. The van der Waals surface area contributed by atoms with E-state index >= 15 is 0 Å². The summed E-state index contributed by atoms with van der Waals surface area (Å²) in [6.45, 7) is 5.07. The summed E-state index contributed by atoms with van der Waals surface area (Å²) in [5.74, 6) is -1.10. The topological polar surface area (TPSA) is 79.3 Å². The van der Waals surface area contributed by atoms with Gasteiger partial charge >= 0.3 is 5.97 Å². The fourth-order valence-electron chi connectivity index (χ4n) is 1.80. The highest BCUT2D eigenvalue weighted by atomic mass is 32.1. The SMILES string of the molecule is Cc1ncsc1C(=O)Nc1ccc(C(C)(C)C(=O)O)cc1. The highest BCUT2D eigenvalue weighted by Crippen LogP contribution is 2.25. The Balaban J connectivity index is 2.15. The molecule has 0 atom stereocenters. The van der Waals surface area contributed by atoms with Crippen molar-refractivity contribution in [3.05, 3.63) is 45.9 Å². The molecule has 0 bridgehead atoms. The Morgan fingerprint density at radius 2 is 1.86 bits per heavy atom. The van der Waals surface area contributed by atoms with E-state index in [9.17, 15) is 14.7 Å². The summed E-state index contributed by atoms with van der Waals surface area (Å²) in [7, 11) is 0. The van der Waals surface area contributed by atoms with Crippen molar-refractivity contribution < 1.29 is 14.7 Å². The number of aromatic nitrogens is 1. The van der Waals surface area contributed by atoms with E-state index in [1.165, 1.54) is 11.3 Å². The summed E-state index contributed by atoms with van der Waals surface area (Å²) in [6, 6.07) is 6.83. The molecule has 2 aromatic rings.